The number of esters is 3. The van der Waals surface area contributed by atoms with Crippen LogP contribution in [0.4, 0.5) is 4.79 Å². The first-order valence-electron chi connectivity index (χ1n) is 12.3. The summed E-state index contributed by atoms with van der Waals surface area (Å²) in [5.41, 5.74) is 2.49. The maximum absolute atomic E-state index is 13.6. The van der Waals surface area contributed by atoms with Gasteiger partial charge in [0.05, 0.1) is 27.9 Å². The van der Waals surface area contributed by atoms with Gasteiger partial charge in [0.2, 0.25) is 5.91 Å². The zero-order valence-electron chi connectivity index (χ0n) is 22.2. The second-order valence-corrected chi connectivity index (χ2v) is 9.05. The molecule has 3 rings (SSSR count). The van der Waals surface area contributed by atoms with E-state index in [1.165, 1.54) is 11.8 Å². The third-order valence-electron chi connectivity index (χ3n) is 6.71. The Hall–Kier alpha value is -4.41. The van der Waals surface area contributed by atoms with Crippen LogP contribution in [0.15, 0.2) is 54.6 Å². The fourth-order valence-electron chi connectivity index (χ4n) is 4.50. The van der Waals surface area contributed by atoms with Crippen molar-refractivity contribution in [3.8, 4) is 0 Å². The van der Waals surface area contributed by atoms with Gasteiger partial charge in [0.15, 0.2) is 5.92 Å². The summed E-state index contributed by atoms with van der Waals surface area (Å²) in [5.74, 6) is -6.05. The van der Waals surface area contributed by atoms with Crippen molar-refractivity contribution >= 4 is 29.9 Å². The Balaban J connectivity index is 1.87. The average molecular weight is 541 g/mol. The Morgan fingerprint density at radius 3 is 2.00 bits per heavy atom. The largest absolute Gasteiger partial charge is 0.468 e. The van der Waals surface area contributed by atoms with Crippen molar-refractivity contribution in [3.05, 3.63) is 71.3 Å². The van der Waals surface area contributed by atoms with Gasteiger partial charge in [-0.1, -0.05) is 61.5 Å². The van der Waals surface area contributed by atoms with Gasteiger partial charge >= 0.3 is 24.0 Å². The second kappa shape index (κ2) is 13.4. The number of carbonyl (C=O) groups excluding carboxylic acids is 5. The number of nitrogens with zero attached hydrogens (tertiary/aromatic N) is 1. The minimum absolute atomic E-state index is 0.00785. The number of fused-ring (bicyclic) bond motifs is 1. The standard InChI is InChI=1S/C28H32N2O9/c1-17(22(25(32)36-2)26(33)37-3)23(27(34)38-4)29-24(31)21-14-19-12-8-9-13-20(19)15-30(21)28(35)39-16-18-10-6-5-7-11-18/h5-13,17,21-23H,14-16H2,1-4H3,(H,29,31)/t17-,21+,23+/m1/s1. The Morgan fingerprint density at radius 2 is 1.41 bits per heavy atom. The fraction of sp³-hybridized carbons (Fsp3) is 0.393. The van der Waals surface area contributed by atoms with Crippen LogP contribution in [0, 0.1) is 11.8 Å². The predicted octanol–water partition coefficient (Wildman–Crippen LogP) is 2.01. The summed E-state index contributed by atoms with van der Waals surface area (Å²) in [6, 6.07) is 14.0. The highest BCUT2D eigenvalue weighted by Gasteiger charge is 2.44. The molecule has 0 bridgehead atoms. The number of hydrogen-bond donors (Lipinski definition) is 1. The van der Waals surface area contributed by atoms with Crippen LogP contribution >= 0.6 is 0 Å². The van der Waals surface area contributed by atoms with Gasteiger partial charge in [0.25, 0.3) is 0 Å². The van der Waals surface area contributed by atoms with Gasteiger partial charge in [-0.2, -0.15) is 0 Å². The molecule has 0 fully saturated rings. The van der Waals surface area contributed by atoms with Gasteiger partial charge in [0.1, 0.15) is 18.7 Å². The summed E-state index contributed by atoms with van der Waals surface area (Å²) in [5, 5.41) is 2.59. The van der Waals surface area contributed by atoms with E-state index in [0.717, 1.165) is 38.0 Å². The van der Waals surface area contributed by atoms with Crippen LogP contribution < -0.4 is 5.32 Å². The molecule has 0 spiro atoms. The van der Waals surface area contributed by atoms with Crippen LogP contribution in [-0.4, -0.2) is 68.2 Å². The summed E-state index contributed by atoms with van der Waals surface area (Å²) < 4.78 is 19.8. The zero-order valence-corrected chi connectivity index (χ0v) is 22.2. The molecule has 2 aromatic rings. The number of methoxy groups -OCH3 is 3. The minimum atomic E-state index is -1.51. The van der Waals surface area contributed by atoms with E-state index >= 15 is 0 Å². The molecule has 1 heterocycles. The zero-order chi connectivity index (χ0) is 28.5. The van der Waals surface area contributed by atoms with E-state index in [-0.39, 0.29) is 19.6 Å². The van der Waals surface area contributed by atoms with Crippen LogP contribution in [0.1, 0.15) is 23.6 Å². The lowest BCUT2D eigenvalue weighted by Gasteiger charge is -2.36. The van der Waals surface area contributed by atoms with Crippen molar-refractivity contribution < 1.29 is 42.9 Å². The lowest BCUT2D eigenvalue weighted by Crippen LogP contribution is -2.58. The molecule has 2 aromatic carbocycles. The average Bonchev–Trinajstić information content (AvgIpc) is 2.97. The van der Waals surface area contributed by atoms with E-state index in [4.69, 9.17) is 18.9 Å². The highest BCUT2D eigenvalue weighted by molar-refractivity contribution is 5.97. The van der Waals surface area contributed by atoms with Gasteiger partial charge in [-0.25, -0.2) is 9.59 Å². The van der Waals surface area contributed by atoms with Crippen LogP contribution in [0.3, 0.4) is 0 Å². The quantitative estimate of drug-likeness (QED) is 0.288. The van der Waals surface area contributed by atoms with E-state index in [0.29, 0.717) is 0 Å². The molecule has 0 unspecified atom stereocenters. The summed E-state index contributed by atoms with van der Waals surface area (Å²) >= 11 is 0. The summed E-state index contributed by atoms with van der Waals surface area (Å²) in [4.78, 5) is 65.6. The van der Waals surface area contributed by atoms with Gasteiger partial charge in [-0.15, -0.1) is 0 Å². The van der Waals surface area contributed by atoms with Crippen molar-refractivity contribution in [2.75, 3.05) is 21.3 Å². The lowest BCUT2D eigenvalue weighted by atomic mass is 9.86. The van der Waals surface area contributed by atoms with E-state index in [2.05, 4.69) is 5.32 Å². The molecule has 0 aliphatic carbocycles. The van der Waals surface area contributed by atoms with Crippen molar-refractivity contribution in [2.24, 2.45) is 11.8 Å². The molecular weight excluding hydrogens is 508 g/mol. The van der Waals surface area contributed by atoms with Crippen molar-refractivity contribution in [2.45, 2.75) is 38.6 Å². The first kappa shape index (κ1) is 29.2. The van der Waals surface area contributed by atoms with Gasteiger partial charge in [0, 0.05) is 12.3 Å². The summed E-state index contributed by atoms with van der Waals surface area (Å²) in [7, 11) is 3.30. The van der Waals surface area contributed by atoms with E-state index < -0.39 is 53.8 Å². The number of nitrogens with one attached hydrogen (secondary N) is 1. The lowest BCUT2D eigenvalue weighted by molar-refractivity contribution is -0.163. The number of ether oxygens (including phenoxy) is 4. The highest BCUT2D eigenvalue weighted by atomic mass is 16.6. The molecule has 3 atom stereocenters. The van der Waals surface area contributed by atoms with Gasteiger partial charge in [-0.05, 0) is 16.7 Å². The topological polar surface area (TPSA) is 138 Å². The maximum Gasteiger partial charge on any atom is 0.411 e. The van der Waals surface area contributed by atoms with E-state index in [1.807, 2.05) is 54.6 Å². The molecule has 11 heteroatoms. The third-order valence-corrected chi connectivity index (χ3v) is 6.71. The van der Waals surface area contributed by atoms with Crippen LogP contribution in [-0.2, 0) is 57.7 Å². The Morgan fingerprint density at radius 1 is 0.846 bits per heavy atom. The van der Waals surface area contributed by atoms with E-state index in [1.54, 1.807) is 0 Å². The van der Waals surface area contributed by atoms with Crippen molar-refractivity contribution in [3.63, 3.8) is 0 Å². The third kappa shape index (κ3) is 6.92. The molecule has 0 saturated carbocycles. The maximum atomic E-state index is 13.6. The molecule has 1 aliphatic rings. The molecule has 11 nitrogen and oxygen atoms in total. The normalized spacial score (nSPS) is 15.8. The number of hydrogen-bond acceptors (Lipinski definition) is 9. The summed E-state index contributed by atoms with van der Waals surface area (Å²) in [6.45, 7) is 1.53. The fourth-order valence-corrected chi connectivity index (χ4v) is 4.50. The molecule has 39 heavy (non-hydrogen) atoms. The smallest absolute Gasteiger partial charge is 0.411 e. The van der Waals surface area contributed by atoms with Crippen molar-refractivity contribution in [1.29, 1.82) is 0 Å². The molecule has 0 aromatic heterocycles. The number of amides is 2. The van der Waals surface area contributed by atoms with Crippen LogP contribution in [0.5, 0.6) is 0 Å². The molecule has 0 radical (unpaired) electrons. The molecule has 2 amide bonds. The first-order chi connectivity index (χ1) is 18.7. The second-order valence-electron chi connectivity index (χ2n) is 9.05. The molecule has 1 N–H and O–H groups in total. The van der Waals surface area contributed by atoms with Crippen molar-refractivity contribution in [1.82, 2.24) is 10.2 Å². The highest BCUT2D eigenvalue weighted by Crippen LogP contribution is 2.26. The van der Waals surface area contributed by atoms with Crippen LogP contribution in [0.2, 0.25) is 0 Å². The predicted molar refractivity (Wildman–Crippen MR) is 137 cm³/mol. The van der Waals surface area contributed by atoms with Crippen LogP contribution in [0.25, 0.3) is 0 Å². The first-order valence-corrected chi connectivity index (χ1v) is 12.3. The summed E-state index contributed by atoms with van der Waals surface area (Å²) in [6.07, 6.45) is -0.555. The number of benzene rings is 2. The van der Waals surface area contributed by atoms with Gasteiger partial charge < -0.3 is 24.3 Å². The minimum Gasteiger partial charge on any atom is -0.468 e. The Labute approximate surface area is 226 Å². The monoisotopic (exact) mass is 540 g/mol. The van der Waals surface area contributed by atoms with E-state index in [9.17, 15) is 24.0 Å². The SMILES string of the molecule is COC(=O)C(C(=O)OC)[C@@H](C)[C@H](NC(=O)[C@@H]1Cc2ccccc2CN1C(=O)OCc1ccccc1)C(=O)OC. The molecule has 1 aliphatic heterocycles. The Kier molecular flexibility index (Phi) is 10.0. The molecule has 0 saturated heterocycles. The molecule has 208 valence electrons. The Bertz CT molecular complexity index is 1180. The number of rotatable bonds is 9. The molecular formula is C28H32N2O9. The van der Waals surface area contributed by atoms with Gasteiger partial charge in [-0.3, -0.25) is 19.3 Å². The number of carbonyl (C=O) groups is 5.